The van der Waals surface area contributed by atoms with Gasteiger partial charge in [0.15, 0.2) is 11.9 Å². The monoisotopic (exact) mass is 378 g/mol. The Morgan fingerprint density at radius 3 is 2.93 bits per heavy atom. The van der Waals surface area contributed by atoms with E-state index in [0.29, 0.717) is 12.2 Å². The van der Waals surface area contributed by atoms with E-state index in [-0.39, 0.29) is 17.0 Å². The summed E-state index contributed by atoms with van der Waals surface area (Å²) >= 11 is 0. The number of rotatable bonds is 1. The van der Waals surface area contributed by atoms with Gasteiger partial charge in [-0.1, -0.05) is 13.8 Å². The molecule has 1 aromatic rings. The molecule has 1 fully saturated rings. The zero-order valence-corrected chi connectivity index (χ0v) is 16.5. The number of fused-ring (bicyclic) bond motifs is 3. The normalized spacial score (nSPS) is 31.2. The SMILES string of the molecule is CC1(C)CC(=O)C2=C(C1)NC1N=NC=C1C21CCCN(c2ccncn2)CC1. The Hall–Kier alpha value is -2.57. The summed E-state index contributed by atoms with van der Waals surface area (Å²) in [5, 5.41) is 12.2. The van der Waals surface area contributed by atoms with Crippen molar-refractivity contribution in [3.63, 3.8) is 0 Å². The van der Waals surface area contributed by atoms with E-state index in [2.05, 4.69) is 44.3 Å². The molecule has 0 radical (unpaired) electrons. The molecule has 1 saturated heterocycles. The Labute approximate surface area is 165 Å². The van der Waals surface area contributed by atoms with E-state index in [1.165, 1.54) is 5.57 Å². The summed E-state index contributed by atoms with van der Waals surface area (Å²) in [5.41, 5.74) is 3.00. The Balaban J connectivity index is 1.55. The third kappa shape index (κ3) is 2.67. The lowest BCUT2D eigenvalue weighted by molar-refractivity contribution is -0.119. The molecule has 4 heterocycles. The lowest BCUT2D eigenvalue weighted by atomic mass is 9.60. The molecule has 1 N–H and O–H groups in total. The van der Waals surface area contributed by atoms with Gasteiger partial charge in [0, 0.05) is 48.0 Å². The van der Waals surface area contributed by atoms with E-state index < -0.39 is 0 Å². The summed E-state index contributed by atoms with van der Waals surface area (Å²) in [6.45, 7) is 6.14. The zero-order chi connectivity index (χ0) is 19.4. The maximum atomic E-state index is 13.3. The summed E-state index contributed by atoms with van der Waals surface area (Å²) in [4.78, 5) is 24.1. The topological polar surface area (TPSA) is 82.8 Å². The van der Waals surface area contributed by atoms with Crippen LogP contribution in [-0.4, -0.2) is 35.0 Å². The summed E-state index contributed by atoms with van der Waals surface area (Å²) in [7, 11) is 0. The van der Waals surface area contributed by atoms with Crippen LogP contribution < -0.4 is 10.2 Å². The summed E-state index contributed by atoms with van der Waals surface area (Å²) in [6.07, 6.45) is 9.50. The molecular formula is C21H26N6O. The van der Waals surface area contributed by atoms with Crippen LogP contribution in [0.15, 0.2) is 51.9 Å². The molecule has 4 aliphatic rings. The molecule has 146 valence electrons. The largest absolute Gasteiger partial charge is 0.362 e. The number of nitrogens with one attached hydrogen (secondary N) is 1. The van der Waals surface area contributed by atoms with Crippen LogP contribution in [0.25, 0.3) is 0 Å². The Kier molecular flexibility index (Phi) is 3.89. The number of carbonyl (C=O) groups is 1. The van der Waals surface area contributed by atoms with E-state index in [4.69, 9.17) is 0 Å². The third-order valence-corrected chi connectivity index (χ3v) is 6.62. The molecule has 28 heavy (non-hydrogen) atoms. The number of allylic oxidation sites excluding steroid dienone is 2. The smallest absolute Gasteiger partial charge is 0.164 e. The Morgan fingerprint density at radius 2 is 2.11 bits per heavy atom. The lowest BCUT2D eigenvalue weighted by Gasteiger charge is -2.47. The average molecular weight is 378 g/mol. The van der Waals surface area contributed by atoms with Crippen molar-refractivity contribution in [2.24, 2.45) is 21.1 Å². The van der Waals surface area contributed by atoms with E-state index in [1.54, 1.807) is 12.5 Å². The lowest BCUT2D eigenvalue weighted by Crippen LogP contribution is -2.49. The molecular weight excluding hydrogens is 352 g/mol. The molecule has 1 aromatic heterocycles. The molecule has 1 aliphatic carbocycles. The van der Waals surface area contributed by atoms with Gasteiger partial charge in [-0.05, 0) is 37.2 Å². The standard InChI is InChI=1S/C21H26N6O/c1-20(2)10-15-18(16(28)11-20)21(14-12-24-26-19(14)25-15)5-3-8-27(9-6-21)17-4-7-22-13-23-17/h4,7,12-13,19,25H,3,5-6,8-11H2,1-2H3. The molecule has 1 spiro atoms. The molecule has 0 aromatic carbocycles. The van der Waals surface area contributed by atoms with Crippen molar-refractivity contribution >= 4 is 11.6 Å². The maximum absolute atomic E-state index is 13.3. The van der Waals surface area contributed by atoms with Gasteiger partial charge >= 0.3 is 0 Å². The minimum Gasteiger partial charge on any atom is -0.362 e. The first-order valence-corrected chi connectivity index (χ1v) is 10.1. The van der Waals surface area contributed by atoms with E-state index >= 15 is 0 Å². The molecule has 0 amide bonds. The highest BCUT2D eigenvalue weighted by atomic mass is 16.1. The summed E-state index contributed by atoms with van der Waals surface area (Å²) in [5.74, 6) is 1.25. The minimum absolute atomic E-state index is 0.0151. The molecule has 2 unspecified atom stereocenters. The number of nitrogens with zero attached hydrogens (tertiary/aromatic N) is 5. The van der Waals surface area contributed by atoms with Crippen LogP contribution in [0.1, 0.15) is 46.0 Å². The molecule has 7 heteroatoms. The maximum Gasteiger partial charge on any atom is 0.164 e. The highest BCUT2D eigenvalue weighted by molar-refractivity contribution is 6.00. The predicted octanol–water partition coefficient (Wildman–Crippen LogP) is 3.38. The highest BCUT2D eigenvalue weighted by Gasteiger charge is 2.52. The Morgan fingerprint density at radius 1 is 1.21 bits per heavy atom. The fraction of sp³-hybridized carbons (Fsp3) is 0.571. The number of hydrogen-bond donors (Lipinski definition) is 1. The van der Waals surface area contributed by atoms with Gasteiger partial charge in [-0.15, -0.1) is 0 Å². The van der Waals surface area contributed by atoms with Gasteiger partial charge in [0.2, 0.25) is 0 Å². The number of azo groups is 1. The average Bonchev–Trinajstić information content (AvgIpc) is 3.02. The summed E-state index contributed by atoms with van der Waals surface area (Å²) in [6, 6.07) is 1.96. The quantitative estimate of drug-likeness (QED) is 0.810. The number of anilines is 1. The molecule has 3 aliphatic heterocycles. The van der Waals surface area contributed by atoms with Crippen molar-refractivity contribution in [3.8, 4) is 0 Å². The van der Waals surface area contributed by atoms with Crippen LogP contribution in [0.5, 0.6) is 0 Å². The van der Waals surface area contributed by atoms with Crippen LogP contribution >= 0.6 is 0 Å². The first-order chi connectivity index (χ1) is 13.5. The predicted molar refractivity (Wildman–Crippen MR) is 105 cm³/mol. The van der Waals surface area contributed by atoms with Crippen molar-refractivity contribution in [1.29, 1.82) is 0 Å². The van der Waals surface area contributed by atoms with Gasteiger partial charge in [0.05, 0.1) is 6.20 Å². The number of Topliss-reactive ketones (excluding diaryl/α,β-unsaturated/α-hetero) is 1. The number of aromatic nitrogens is 2. The van der Waals surface area contributed by atoms with Crippen molar-refractivity contribution in [2.75, 3.05) is 18.0 Å². The van der Waals surface area contributed by atoms with Crippen molar-refractivity contribution < 1.29 is 4.79 Å². The van der Waals surface area contributed by atoms with Crippen molar-refractivity contribution in [1.82, 2.24) is 15.3 Å². The van der Waals surface area contributed by atoms with E-state index in [0.717, 1.165) is 55.9 Å². The molecule has 0 saturated carbocycles. The van der Waals surface area contributed by atoms with Crippen LogP contribution in [-0.2, 0) is 4.79 Å². The van der Waals surface area contributed by atoms with E-state index in [1.807, 2.05) is 12.3 Å². The first-order valence-electron chi connectivity index (χ1n) is 10.1. The van der Waals surface area contributed by atoms with Gasteiger partial charge in [-0.2, -0.15) is 10.2 Å². The second-order valence-corrected chi connectivity index (χ2v) is 9.15. The fourth-order valence-corrected chi connectivity index (χ4v) is 5.47. The number of ketones is 1. The van der Waals surface area contributed by atoms with Crippen LogP contribution in [0.2, 0.25) is 0 Å². The minimum atomic E-state index is -0.260. The van der Waals surface area contributed by atoms with Gasteiger partial charge < -0.3 is 10.2 Å². The van der Waals surface area contributed by atoms with Crippen molar-refractivity contribution in [2.45, 2.75) is 52.1 Å². The fourth-order valence-electron chi connectivity index (χ4n) is 5.47. The molecule has 2 atom stereocenters. The third-order valence-electron chi connectivity index (χ3n) is 6.62. The van der Waals surface area contributed by atoms with Gasteiger partial charge in [0.1, 0.15) is 12.1 Å². The van der Waals surface area contributed by atoms with Crippen molar-refractivity contribution in [3.05, 3.63) is 41.6 Å². The van der Waals surface area contributed by atoms with Gasteiger partial charge in [0.25, 0.3) is 0 Å². The van der Waals surface area contributed by atoms with Gasteiger partial charge in [-0.3, -0.25) is 4.79 Å². The van der Waals surface area contributed by atoms with Crippen LogP contribution in [0.3, 0.4) is 0 Å². The van der Waals surface area contributed by atoms with Crippen LogP contribution in [0, 0.1) is 10.8 Å². The zero-order valence-electron chi connectivity index (χ0n) is 16.5. The first kappa shape index (κ1) is 17.5. The second-order valence-electron chi connectivity index (χ2n) is 9.15. The summed E-state index contributed by atoms with van der Waals surface area (Å²) < 4.78 is 0. The van der Waals surface area contributed by atoms with E-state index in [9.17, 15) is 4.79 Å². The molecule has 0 bridgehead atoms. The van der Waals surface area contributed by atoms with Crippen LogP contribution in [0.4, 0.5) is 5.82 Å². The second kappa shape index (κ2) is 6.22. The molecule has 7 nitrogen and oxygen atoms in total. The van der Waals surface area contributed by atoms with Gasteiger partial charge in [-0.25, -0.2) is 9.97 Å². The number of hydrogen-bond acceptors (Lipinski definition) is 7. The molecule has 5 rings (SSSR count). The highest BCUT2D eigenvalue weighted by Crippen LogP contribution is 2.55. The number of carbonyl (C=O) groups excluding carboxylic acids is 1. The Bertz CT molecular complexity index is 903.